The summed E-state index contributed by atoms with van der Waals surface area (Å²) in [5.74, 6) is 0.125. The molecular formula is C21H22FN3O2S. The quantitative estimate of drug-likeness (QED) is 0.549. The van der Waals surface area contributed by atoms with Gasteiger partial charge in [-0.2, -0.15) is 0 Å². The Hall–Kier alpha value is -2.67. The third-order valence-electron chi connectivity index (χ3n) is 4.18. The number of methoxy groups -OCH3 is 1. The molecule has 7 heteroatoms. The van der Waals surface area contributed by atoms with E-state index in [-0.39, 0.29) is 24.1 Å². The van der Waals surface area contributed by atoms with E-state index >= 15 is 0 Å². The molecule has 0 amide bonds. The summed E-state index contributed by atoms with van der Waals surface area (Å²) < 4.78 is 20.5. The van der Waals surface area contributed by atoms with E-state index in [4.69, 9.17) is 9.72 Å². The van der Waals surface area contributed by atoms with Gasteiger partial charge in [-0.15, -0.1) is 0 Å². The van der Waals surface area contributed by atoms with Crippen LogP contribution < -0.4 is 0 Å². The Labute approximate surface area is 168 Å². The zero-order valence-corrected chi connectivity index (χ0v) is 16.9. The Morgan fingerprint density at radius 1 is 1.29 bits per heavy atom. The van der Waals surface area contributed by atoms with Crippen molar-refractivity contribution in [3.05, 3.63) is 71.7 Å². The lowest BCUT2D eigenvalue weighted by Crippen LogP contribution is -2.12. The molecule has 2 heterocycles. The number of imidazole rings is 1. The van der Waals surface area contributed by atoms with Gasteiger partial charge in [0, 0.05) is 17.3 Å². The Morgan fingerprint density at radius 3 is 2.75 bits per heavy atom. The van der Waals surface area contributed by atoms with Gasteiger partial charge in [-0.05, 0) is 35.7 Å². The van der Waals surface area contributed by atoms with E-state index < -0.39 is 0 Å². The van der Waals surface area contributed by atoms with E-state index in [0.29, 0.717) is 12.4 Å². The molecule has 28 heavy (non-hydrogen) atoms. The highest BCUT2D eigenvalue weighted by atomic mass is 32.2. The van der Waals surface area contributed by atoms with Gasteiger partial charge in [0.1, 0.15) is 23.1 Å². The lowest BCUT2D eigenvalue weighted by Gasteiger charge is -2.13. The van der Waals surface area contributed by atoms with Crippen molar-refractivity contribution in [2.24, 2.45) is 0 Å². The van der Waals surface area contributed by atoms with Crippen LogP contribution in [0.3, 0.4) is 0 Å². The molecule has 2 aromatic heterocycles. The standard InChI is InChI=1S/C21H22FN3O2S/c1-14(2)20-21(28-17-8-4-7-16(22)10-17)25(13-15-6-5-9-23-12-15)18(24-20)11-19(26)27-3/h4-10,12,14H,11,13H2,1-3H3. The molecule has 0 radical (unpaired) electrons. The molecule has 5 nitrogen and oxygen atoms in total. The predicted octanol–water partition coefficient (Wildman–Crippen LogP) is 4.46. The number of carbonyl (C=O) groups excluding carboxylic acids is 1. The van der Waals surface area contributed by atoms with Gasteiger partial charge in [0.2, 0.25) is 0 Å². The summed E-state index contributed by atoms with van der Waals surface area (Å²) in [6.07, 6.45) is 3.57. The molecule has 3 aromatic rings. The van der Waals surface area contributed by atoms with Gasteiger partial charge in [-0.25, -0.2) is 9.37 Å². The van der Waals surface area contributed by atoms with Gasteiger partial charge in [0.05, 0.1) is 19.3 Å². The van der Waals surface area contributed by atoms with E-state index in [1.165, 1.54) is 31.0 Å². The average molecular weight is 399 g/mol. The number of aromatic nitrogens is 3. The smallest absolute Gasteiger partial charge is 0.313 e. The topological polar surface area (TPSA) is 57.0 Å². The van der Waals surface area contributed by atoms with Crippen LogP contribution in [-0.4, -0.2) is 27.6 Å². The van der Waals surface area contributed by atoms with Crippen LogP contribution in [0.15, 0.2) is 58.7 Å². The molecule has 0 aliphatic heterocycles. The number of esters is 1. The third-order valence-corrected chi connectivity index (χ3v) is 5.29. The minimum absolute atomic E-state index is 0.0696. The van der Waals surface area contributed by atoms with Gasteiger partial charge < -0.3 is 9.30 Å². The molecule has 0 atom stereocenters. The lowest BCUT2D eigenvalue weighted by atomic mass is 10.1. The second kappa shape index (κ2) is 9.01. The molecule has 0 N–H and O–H groups in total. The number of halogens is 1. The van der Waals surface area contributed by atoms with Gasteiger partial charge in [-0.1, -0.05) is 37.7 Å². The zero-order valence-electron chi connectivity index (χ0n) is 16.1. The molecule has 0 bridgehead atoms. The molecule has 3 rings (SSSR count). The fraction of sp³-hybridized carbons (Fsp3) is 0.286. The van der Waals surface area contributed by atoms with Crippen molar-refractivity contribution in [2.75, 3.05) is 7.11 Å². The first-order valence-corrected chi connectivity index (χ1v) is 9.78. The summed E-state index contributed by atoms with van der Waals surface area (Å²) >= 11 is 1.45. The maximum Gasteiger partial charge on any atom is 0.313 e. The first-order valence-electron chi connectivity index (χ1n) is 8.96. The first kappa shape index (κ1) is 20.1. The maximum atomic E-state index is 13.7. The first-order chi connectivity index (χ1) is 13.5. The molecule has 0 aliphatic carbocycles. The summed E-state index contributed by atoms with van der Waals surface area (Å²) in [4.78, 5) is 21.6. The van der Waals surface area contributed by atoms with Crippen molar-refractivity contribution < 1.29 is 13.9 Å². The van der Waals surface area contributed by atoms with Crippen LogP contribution in [-0.2, 0) is 22.5 Å². The Kier molecular flexibility index (Phi) is 6.46. The zero-order chi connectivity index (χ0) is 20.1. The van der Waals surface area contributed by atoms with E-state index in [1.54, 1.807) is 18.5 Å². The summed E-state index contributed by atoms with van der Waals surface area (Å²) in [5.41, 5.74) is 1.86. The highest BCUT2D eigenvalue weighted by Gasteiger charge is 2.22. The van der Waals surface area contributed by atoms with E-state index in [0.717, 1.165) is 21.2 Å². The molecule has 0 aliphatic rings. The summed E-state index contributed by atoms with van der Waals surface area (Å²) in [6, 6.07) is 10.3. The van der Waals surface area contributed by atoms with Crippen LogP contribution in [0.4, 0.5) is 4.39 Å². The number of ether oxygens (including phenoxy) is 1. The SMILES string of the molecule is COC(=O)Cc1nc(C(C)C)c(Sc2cccc(F)c2)n1Cc1cccnc1. The van der Waals surface area contributed by atoms with Crippen molar-refractivity contribution in [2.45, 2.75) is 42.7 Å². The van der Waals surface area contributed by atoms with Gasteiger partial charge in [-0.3, -0.25) is 9.78 Å². The van der Waals surface area contributed by atoms with Gasteiger partial charge in [0.25, 0.3) is 0 Å². The second-order valence-electron chi connectivity index (χ2n) is 6.63. The number of pyridine rings is 1. The lowest BCUT2D eigenvalue weighted by molar-refractivity contribution is -0.139. The number of hydrogen-bond donors (Lipinski definition) is 0. The van der Waals surface area contributed by atoms with E-state index in [2.05, 4.69) is 4.98 Å². The molecule has 0 fully saturated rings. The van der Waals surface area contributed by atoms with Gasteiger partial charge >= 0.3 is 5.97 Å². The van der Waals surface area contributed by atoms with E-state index in [9.17, 15) is 9.18 Å². The number of carbonyl (C=O) groups is 1. The van der Waals surface area contributed by atoms with Crippen molar-refractivity contribution in [3.63, 3.8) is 0 Å². The van der Waals surface area contributed by atoms with E-state index in [1.807, 2.05) is 36.6 Å². The third kappa shape index (κ3) is 4.78. The number of benzene rings is 1. The maximum absolute atomic E-state index is 13.7. The van der Waals surface area contributed by atoms with Crippen LogP contribution in [0, 0.1) is 5.82 Å². The van der Waals surface area contributed by atoms with Gasteiger partial charge in [0.15, 0.2) is 0 Å². The minimum atomic E-state index is -0.352. The Bertz CT molecular complexity index is 958. The molecule has 146 valence electrons. The summed E-state index contributed by atoms with van der Waals surface area (Å²) in [5, 5.41) is 0.892. The normalized spacial score (nSPS) is 11.0. The van der Waals surface area contributed by atoms with Crippen molar-refractivity contribution in [3.8, 4) is 0 Å². The second-order valence-corrected chi connectivity index (χ2v) is 7.70. The van der Waals surface area contributed by atoms with Crippen LogP contribution in [0.5, 0.6) is 0 Å². The molecule has 1 aromatic carbocycles. The average Bonchev–Trinajstić information content (AvgIpc) is 3.00. The molecule has 0 unspecified atom stereocenters. The van der Waals surface area contributed by atoms with Crippen LogP contribution in [0.1, 0.15) is 36.8 Å². The fourth-order valence-corrected chi connectivity index (χ4v) is 4.01. The van der Waals surface area contributed by atoms with Crippen molar-refractivity contribution in [1.82, 2.24) is 14.5 Å². The summed E-state index contributed by atoms with van der Waals surface area (Å²) in [7, 11) is 1.36. The molecule has 0 saturated carbocycles. The predicted molar refractivity (Wildman–Crippen MR) is 106 cm³/mol. The molecular weight excluding hydrogens is 377 g/mol. The van der Waals surface area contributed by atoms with Crippen molar-refractivity contribution >= 4 is 17.7 Å². The number of hydrogen-bond acceptors (Lipinski definition) is 5. The Balaban J connectivity index is 2.08. The minimum Gasteiger partial charge on any atom is -0.469 e. The summed E-state index contributed by atoms with van der Waals surface area (Å²) in [6.45, 7) is 4.61. The van der Waals surface area contributed by atoms with Crippen LogP contribution in [0.2, 0.25) is 0 Å². The largest absolute Gasteiger partial charge is 0.469 e. The highest BCUT2D eigenvalue weighted by Crippen LogP contribution is 2.35. The fourth-order valence-electron chi connectivity index (χ4n) is 2.80. The highest BCUT2D eigenvalue weighted by molar-refractivity contribution is 7.99. The van der Waals surface area contributed by atoms with Crippen molar-refractivity contribution in [1.29, 1.82) is 0 Å². The molecule has 0 spiro atoms. The molecule has 0 saturated heterocycles. The Morgan fingerprint density at radius 2 is 2.11 bits per heavy atom. The van der Waals surface area contributed by atoms with Crippen LogP contribution in [0.25, 0.3) is 0 Å². The number of rotatable bonds is 7. The number of nitrogens with zero attached hydrogens (tertiary/aromatic N) is 3. The van der Waals surface area contributed by atoms with Crippen LogP contribution >= 0.6 is 11.8 Å². The monoisotopic (exact) mass is 399 g/mol.